The Labute approximate surface area is 188 Å². The molecule has 4 N–H and O–H groups in total. The van der Waals surface area contributed by atoms with Crippen molar-refractivity contribution in [2.75, 3.05) is 13.1 Å². The van der Waals surface area contributed by atoms with Gasteiger partial charge in [-0.25, -0.2) is 14.2 Å². The van der Waals surface area contributed by atoms with Crippen LogP contribution in [0.25, 0.3) is 5.70 Å². The molecule has 1 fully saturated rings. The highest BCUT2D eigenvalue weighted by atomic mass is 19.1. The summed E-state index contributed by atoms with van der Waals surface area (Å²) in [5.74, 6) is -2.16. The van der Waals surface area contributed by atoms with Crippen molar-refractivity contribution in [3.63, 3.8) is 0 Å². The van der Waals surface area contributed by atoms with Gasteiger partial charge in [0.1, 0.15) is 23.5 Å². The molecule has 0 saturated carbocycles. The number of amides is 1. The van der Waals surface area contributed by atoms with Gasteiger partial charge in [-0.1, -0.05) is 5.41 Å². The lowest BCUT2D eigenvalue weighted by Crippen LogP contribution is -2.37. The van der Waals surface area contributed by atoms with E-state index in [2.05, 4.69) is 11.6 Å². The Bertz CT molecular complexity index is 1220. The third-order valence-electron chi connectivity index (χ3n) is 5.43. The summed E-state index contributed by atoms with van der Waals surface area (Å²) in [6.45, 7) is 1.24. The highest BCUT2D eigenvalue weighted by Gasteiger charge is 2.36. The molecular weight excluding hydrogens is 430 g/mol. The molecule has 1 atom stereocenters. The molecule has 10 heteroatoms. The first-order chi connectivity index (χ1) is 15.9. The molecule has 2 aliphatic rings. The summed E-state index contributed by atoms with van der Waals surface area (Å²) < 4.78 is 33.8. The van der Waals surface area contributed by atoms with Crippen LogP contribution < -0.4 is 15.9 Å². The van der Waals surface area contributed by atoms with E-state index in [0.717, 1.165) is 25.0 Å². The lowest BCUT2D eigenvalue weighted by molar-refractivity contribution is -0.452. The molecule has 2 heterocycles. The summed E-state index contributed by atoms with van der Waals surface area (Å²) in [4.78, 5) is 13.8. The molecule has 2 aromatic carbocycles. The van der Waals surface area contributed by atoms with E-state index in [-0.39, 0.29) is 23.1 Å². The second kappa shape index (κ2) is 9.08. The van der Waals surface area contributed by atoms with Crippen LogP contribution in [0, 0.1) is 34.4 Å². The van der Waals surface area contributed by atoms with Crippen LogP contribution in [0.1, 0.15) is 18.4 Å². The summed E-state index contributed by atoms with van der Waals surface area (Å²) in [7, 11) is 0. The van der Waals surface area contributed by atoms with Gasteiger partial charge in [-0.3, -0.25) is 4.79 Å². The number of benzene rings is 2. The number of piperidine rings is 1. The molecule has 1 amide bonds. The molecule has 2 aromatic rings. The van der Waals surface area contributed by atoms with Crippen LogP contribution in [0.4, 0.5) is 8.78 Å². The van der Waals surface area contributed by atoms with Gasteiger partial charge in [0.25, 0.3) is 5.91 Å². The molecule has 0 aliphatic carbocycles. The first-order valence-electron chi connectivity index (χ1n) is 10.3. The highest BCUT2D eigenvalue weighted by molar-refractivity contribution is 6.23. The molecule has 2 aliphatic heterocycles. The maximum atomic E-state index is 13.8. The van der Waals surface area contributed by atoms with Gasteiger partial charge < -0.3 is 15.4 Å². The van der Waals surface area contributed by atoms with Crippen molar-refractivity contribution in [1.29, 1.82) is 10.7 Å². The van der Waals surface area contributed by atoms with Crippen molar-refractivity contribution >= 4 is 23.7 Å². The van der Waals surface area contributed by atoms with Gasteiger partial charge in [-0.2, -0.15) is 5.26 Å². The van der Waals surface area contributed by atoms with Crippen molar-refractivity contribution in [3.8, 4) is 17.7 Å². The minimum absolute atomic E-state index is 0.0254. The number of amidine groups is 1. The monoisotopic (exact) mass is 451 g/mol. The smallest absolute Gasteiger partial charge is 0.353 e. The van der Waals surface area contributed by atoms with Crippen LogP contribution in [-0.4, -0.2) is 40.6 Å². The van der Waals surface area contributed by atoms with Crippen molar-refractivity contribution < 1.29 is 23.0 Å². The van der Waals surface area contributed by atoms with Gasteiger partial charge in [0.15, 0.2) is 23.3 Å². The zero-order valence-electron chi connectivity index (χ0n) is 17.5. The fourth-order valence-electron chi connectivity index (χ4n) is 3.84. The largest absolute Gasteiger partial charge is 0.454 e. The Morgan fingerprint density at radius 2 is 2.06 bits per heavy atom. The Hall–Kier alpha value is -4.26. The average Bonchev–Trinajstić information content (AvgIpc) is 3.12. The molecule has 33 heavy (non-hydrogen) atoms. The molecule has 0 unspecified atom stereocenters. The van der Waals surface area contributed by atoms with Gasteiger partial charge in [0, 0.05) is 30.6 Å². The molecule has 8 nitrogen and oxygen atoms in total. The average molecular weight is 451 g/mol. The number of primary amides is 1. The number of nitrogens with two attached hydrogens (primary N) is 1. The normalized spacial score (nSPS) is 19.4. The number of hydrogen-bond donors (Lipinski definition) is 3. The van der Waals surface area contributed by atoms with E-state index >= 15 is 0 Å². The van der Waals surface area contributed by atoms with E-state index in [4.69, 9.17) is 21.1 Å². The van der Waals surface area contributed by atoms with E-state index in [1.54, 1.807) is 35.4 Å². The number of hydrogen-bond acceptors (Lipinski definition) is 6. The number of likely N-dealkylation sites (tertiary alicyclic amines) is 1. The van der Waals surface area contributed by atoms with Gasteiger partial charge in [-0.05, 0) is 49.2 Å². The van der Waals surface area contributed by atoms with E-state index in [1.807, 2.05) is 0 Å². The summed E-state index contributed by atoms with van der Waals surface area (Å²) in [6, 6.07) is 9.42. The minimum atomic E-state index is -0.826. The second-order valence-corrected chi connectivity index (χ2v) is 7.74. The molecule has 1 saturated heterocycles. The van der Waals surface area contributed by atoms with Crippen LogP contribution in [-0.2, 0) is 4.79 Å². The SMILES string of the molecule is N#CN1CCC[C@H](/C=[N+]2/NC(c3ccc(Oc4ccc(F)cc4F)cc3)=C(C(N)=O)C2=N)C1. The predicted molar refractivity (Wildman–Crippen MR) is 116 cm³/mol. The Balaban J connectivity index is 1.56. The fraction of sp³-hybridized carbons (Fsp3) is 0.217. The van der Waals surface area contributed by atoms with E-state index in [0.29, 0.717) is 30.1 Å². The van der Waals surface area contributed by atoms with Crippen molar-refractivity contribution in [1.82, 2.24) is 10.3 Å². The van der Waals surface area contributed by atoms with Crippen LogP contribution in [0.3, 0.4) is 0 Å². The van der Waals surface area contributed by atoms with Gasteiger partial charge >= 0.3 is 5.84 Å². The number of rotatable bonds is 5. The number of nitrogens with zero attached hydrogens (tertiary/aromatic N) is 3. The topological polar surface area (TPSA) is 118 Å². The number of hydrazone groups is 1. The van der Waals surface area contributed by atoms with Gasteiger partial charge in [0.05, 0.1) is 0 Å². The zero-order valence-corrected chi connectivity index (χ0v) is 17.5. The number of carbonyl (C=O) groups is 1. The molecule has 0 spiro atoms. The zero-order chi connectivity index (χ0) is 23.5. The van der Waals surface area contributed by atoms with Gasteiger partial charge in [-0.15, -0.1) is 4.68 Å². The Morgan fingerprint density at radius 1 is 1.30 bits per heavy atom. The summed E-state index contributed by atoms with van der Waals surface area (Å²) in [5.41, 5.74) is 9.54. The Morgan fingerprint density at radius 3 is 2.73 bits per heavy atom. The molecular formula is C23H21F2N6O2+. The number of carbonyl (C=O) groups excluding carboxylic acids is 1. The number of nitriles is 1. The van der Waals surface area contributed by atoms with E-state index in [1.165, 1.54) is 10.8 Å². The van der Waals surface area contributed by atoms with Crippen LogP contribution in [0.2, 0.25) is 0 Å². The maximum Gasteiger partial charge on any atom is 0.353 e. The first-order valence-corrected chi connectivity index (χ1v) is 10.3. The Kier molecular flexibility index (Phi) is 6.04. The molecule has 168 valence electrons. The molecule has 0 bridgehead atoms. The van der Waals surface area contributed by atoms with Gasteiger partial charge in [0.2, 0.25) is 0 Å². The molecule has 4 rings (SSSR count). The second-order valence-electron chi connectivity index (χ2n) is 7.74. The third kappa shape index (κ3) is 4.67. The minimum Gasteiger partial charge on any atom is -0.454 e. The predicted octanol–water partition coefficient (Wildman–Crippen LogP) is 2.73. The summed E-state index contributed by atoms with van der Waals surface area (Å²) in [6.07, 6.45) is 5.65. The number of nitrogens with one attached hydrogen (secondary N) is 2. The van der Waals surface area contributed by atoms with Crippen LogP contribution >= 0.6 is 0 Å². The summed E-state index contributed by atoms with van der Waals surface area (Å²) >= 11 is 0. The number of halogens is 2. The van der Waals surface area contributed by atoms with Crippen molar-refractivity contribution in [2.45, 2.75) is 12.8 Å². The van der Waals surface area contributed by atoms with Crippen LogP contribution in [0.15, 0.2) is 48.0 Å². The lowest BCUT2D eigenvalue weighted by atomic mass is 10.00. The van der Waals surface area contributed by atoms with Crippen LogP contribution in [0.5, 0.6) is 11.5 Å². The lowest BCUT2D eigenvalue weighted by Gasteiger charge is -2.25. The standard InChI is InChI=1S/C23H20F2N6O2/c24-16-5-8-19(18(25)10-16)33-17-6-3-15(4-7-17)21-20(23(28)32)22(27)31(29-21)12-14-2-1-9-30(11-14)13-26/h3-8,10,12,14H,1-2,9,11H2,(H3-,27,28,29,32)/p+1/b31-12+/t14-/m0/s1. The third-order valence-corrected chi connectivity index (χ3v) is 5.43. The number of hydrazine groups is 1. The van der Waals surface area contributed by atoms with E-state index in [9.17, 15) is 13.6 Å². The molecule has 0 radical (unpaired) electrons. The highest BCUT2D eigenvalue weighted by Crippen LogP contribution is 2.28. The van der Waals surface area contributed by atoms with Crippen molar-refractivity contribution in [2.24, 2.45) is 11.7 Å². The quantitative estimate of drug-likeness (QED) is 0.477. The first kappa shape index (κ1) is 22.0. The number of ether oxygens (including phenoxy) is 1. The maximum absolute atomic E-state index is 13.8. The van der Waals surface area contributed by atoms with Crippen molar-refractivity contribution in [3.05, 3.63) is 65.2 Å². The van der Waals surface area contributed by atoms with E-state index < -0.39 is 17.5 Å². The molecule has 0 aromatic heterocycles. The fourth-order valence-corrected chi connectivity index (χ4v) is 3.84. The summed E-state index contributed by atoms with van der Waals surface area (Å²) in [5, 5.41) is 17.6.